The van der Waals surface area contributed by atoms with E-state index in [2.05, 4.69) is 26.2 Å². The number of hydrogen-bond acceptors (Lipinski definition) is 2. The summed E-state index contributed by atoms with van der Waals surface area (Å²) in [5, 5.41) is 7.38. The third-order valence-electron chi connectivity index (χ3n) is 1.91. The third kappa shape index (κ3) is 1.96. The van der Waals surface area contributed by atoms with Crippen LogP contribution in [0.25, 0.3) is 0 Å². The van der Waals surface area contributed by atoms with Gasteiger partial charge in [0, 0.05) is 10.5 Å². The number of nitrogens with zero attached hydrogens (tertiary/aromatic N) is 2. The minimum Gasteiger partial charge on any atom is -0.266 e. The summed E-state index contributed by atoms with van der Waals surface area (Å²) in [5.41, 5.74) is 1.03. The molecule has 14 heavy (non-hydrogen) atoms. The zero-order chi connectivity index (χ0) is 9.97. The number of benzene rings is 1. The lowest BCUT2D eigenvalue weighted by molar-refractivity contribution is -0.114. The first kappa shape index (κ1) is 9.27. The molecule has 1 aromatic rings. The van der Waals surface area contributed by atoms with Crippen LogP contribution in [0.15, 0.2) is 51.1 Å². The Morgan fingerprint density at radius 3 is 2.50 bits per heavy atom. The van der Waals surface area contributed by atoms with Crippen molar-refractivity contribution < 1.29 is 4.79 Å². The number of hydrogen-bond donors (Lipinski definition) is 0. The molecule has 0 bridgehead atoms. The van der Waals surface area contributed by atoms with E-state index in [1.165, 1.54) is 6.08 Å². The number of azo groups is 1. The molecule has 1 unspecified atom stereocenters. The van der Waals surface area contributed by atoms with E-state index >= 15 is 0 Å². The van der Waals surface area contributed by atoms with Crippen LogP contribution >= 0.6 is 15.9 Å². The van der Waals surface area contributed by atoms with E-state index in [1.54, 1.807) is 6.08 Å². The maximum absolute atomic E-state index is 10.7. The molecule has 70 valence electrons. The Labute approximate surface area is 89.7 Å². The molecule has 2 rings (SSSR count). The average Bonchev–Trinajstić information content (AvgIpc) is 2.21. The van der Waals surface area contributed by atoms with Crippen molar-refractivity contribution in [3.05, 3.63) is 46.5 Å². The van der Waals surface area contributed by atoms with Gasteiger partial charge in [0.25, 0.3) is 5.91 Å². The van der Waals surface area contributed by atoms with Gasteiger partial charge in [-0.15, -0.1) is 5.11 Å². The van der Waals surface area contributed by atoms with Gasteiger partial charge in [-0.1, -0.05) is 28.1 Å². The molecule has 1 amide bonds. The van der Waals surface area contributed by atoms with Crippen LogP contribution in [-0.4, -0.2) is 5.91 Å². The predicted molar refractivity (Wildman–Crippen MR) is 55.9 cm³/mol. The monoisotopic (exact) mass is 250 g/mol. The number of carbonyl (C=O) groups is 1. The molecule has 0 spiro atoms. The van der Waals surface area contributed by atoms with E-state index in [0.29, 0.717) is 0 Å². The van der Waals surface area contributed by atoms with Gasteiger partial charge in [-0.05, 0) is 23.8 Å². The van der Waals surface area contributed by atoms with Gasteiger partial charge in [-0.2, -0.15) is 5.11 Å². The molecular weight excluding hydrogens is 244 g/mol. The van der Waals surface area contributed by atoms with Gasteiger partial charge in [0.1, 0.15) is 6.04 Å². The van der Waals surface area contributed by atoms with Crippen molar-refractivity contribution in [2.24, 2.45) is 10.2 Å². The molecule has 0 aliphatic carbocycles. The molecule has 1 atom stereocenters. The van der Waals surface area contributed by atoms with Gasteiger partial charge in [-0.25, -0.2) is 0 Å². The van der Waals surface area contributed by atoms with Crippen LogP contribution < -0.4 is 0 Å². The van der Waals surface area contributed by atoms with Gasteiger partial charge in [-0.3, -0.25) is 4.79 Å². The molecule has 0 saturated heterocycles. The SMILES string of the molecule is O=C1C=CC(c2ccc(Br)cc2)N=N1. The second-order valence-corrected chi connectivity index (χ2v) is 3.82. The molecule has 0 N–H and O–H groups in total. The highest BCUT2D eigenvalue weighted by Gasteiger charge is 2.10. The van der Waals surface area contributed by atoms with Crippen LogP contribution in [-0.2, 0) is 4.79 Å². The van der Waals surface area contributed by atoms with Gasteiger partial charge >= 0.3 is 0 Å². The summed E-state index contributed by atoms with van der Waals surface area (Å²) in [6.07, 6.45) is 3.19. The summed E-state index contributed by atoms with van der Waals surface area (Å²) in [6, 6.07) is 7.66. The van der Waals surface area contributed by atoms with Crippen LogP contribution in [0, 0.1) is 0 Å². The third-order valence-corrected chi connectivity index (χ3v) is 2.44. The molecule has 1 heterocycles. The number of halogens is 1. The highest BCUT2D eigenvalue weighted by atomic mass is 79.9. The van der Waals surface area contributed by atoms with E-state index in [1.807, 2.05) is 24.3 Å². The standard InChI is InChI=1S/C10H7BrN2O/c11-8-3-1-7(2-4-8)9-5-6-10(14)13-12-9/h1-6,9H. The van der Waals surface area contributed by atoms with Crippen molar-refractivity contribution in [2.75, 3.05) is 0 Å². The highest BCUT2D eigenvalue weighted by molar-refractivity contribution is 9.10. The maximum Gasteiger partial charge on any atom is 0.287 e. The molecule has 0 radical (unpaired) electrons. The quantitative estimate of drug-likeness (QED) is 0.756. The van der Waals surface area contributed by atoms with Crippen molar-refractivity contribution in [2.45, 2.75) is 6.04 Å². The molecule has 0 aromatic heterocycles. The first-order chi connectivity index (χ1) is 6.75. The summed E-state index contributed by atoms with van der Waals surface area (Å²) < 4.78 is 1.02. The van der Waals surface area contributed by atoms with E-state index in [0.717, 1.165) is 10.0 Å². The maximum atomic E-state index is 10.7. The van der Waals surface area contributed by atoms with Crippen molar-refractivity contribution in [3.8, 4) is 0 Å². The Bertz CT molecular complexity index is 393. The Balaban J connectivity index is 2.24. The molecule has 4 heteroatoms. The molecule has 3 nitrogen and oxygen atoms in total. The fourth-order valence-corrected chi connectivity index (χ4v) is 1.47. The second kappa shape index (κ2) is 3.84. The first-order valence-corrected chi connectivity index (χ1v) is 4.93. The van der Waals surface area contributed by atoms with Crippen LogP contribution in [0.1, 0.15) is 11.6 Å². The van der Waals surface area contributed by atoms with E-state index in [9.17, 15) is 4.79 Å². The minimum absolute atomic E-state index is 0.124. The van der Waals surface area contributed by atoms with Gasteiger partial charge < -0.3 is 0 Å². The zero-order valence-electron chi connectivity index (χ0n) is 7.22. The lowest BCUT2D eigenvalue weighted by Gasteiger charge is -2.08. The molecule has 1 aliphatic rings. The van der Waals surface area contributed by atoms with Crippen molar-refractivity contribution >= 4 is 21.8 Å². The fourth-order valence-electron chi connectivity index (χ4n) is 1.20. The Morgan fingerprint density at radius 1 is 1.21 bits per heavy atom. The average molecular weight is 251 g/mol. The lowest BCUT2D eigenvalue weighted by Crippen LogP contribution is -1.98. The molecule has 1 aliphatic heterocycles. The lowest BCUT2D eigenvalue weighted by atomic mass is 10.1. The Kier molecular flexibility index (Phi) is 2.54. The van der Waals surface area contributed by atoms with Crippen LogP contribution in [0.4, 0.5) is 0 Å². The van der Waals surface area contributed by atoms with Crippen molar-refractivity contribution in [1.29, 1.82) is 0 Å². The zero-order valence-corrected chi connectivity index (χ0v) is 8.81. The number of rotatable bonds is 1. The van der Waals surface area contributed by atoms with Crippen LogP contribution in [0.5, 0.6) is 0 Å². The first-order valence-electron chi connectivity index (χ1n) is 4.14. The van der Waals surface area contributed by atoms with Gasteiger partial charge in [0.15, 0.2) is 0 Å². The smallest absolute Gasteiger partial charge is 0.266 e. The molecular formula is C10H7BrN2O. The molecule has 0 saturated carbocycles. The summed E-state index contributed by atoms with van der Waals surface area (Å²) in [5.74, 6) is -0.293. The normalized spacial score (nSPS) is 20.1. The fraction of sp³-hybridized carbons (Fsp3) is 0.100. The van der Waals surface area contributed by atoms with Crippen LogP contribution in [0.3, 0.4) is 0 Å². The van der Waals surface area contributed by atoms with E-state index in [4.69, 9.17) is 0 Å². The van der Waals surface area contributed by atoms with E-state index in [-0.39, 0.29) is 11.9 Å². The minimum atomic E-state index is -0.293. The van der Waals surface area contributed by atoms with Crippen LogP contribution in [0.2, 0.25) is 0 Å². The topological polar surface area (TPSA) is 41.8 Å². The summed E-state index contributed by atoms with van der Waals surface area (Å²) in [6.45, 7) is 0. The summed E-state index contributed by atoms with van der Waals surface area (Å²) >= 11 is 3.35. The van der Waals surface area contributed by atoms with Gasteiger partial charge in [0.05, 0.1) is 0 Å². The second-order valence-electron chi connectivity index (χ2n) is 2.91. The van der Waals surface area contributed by atoms with E-state index < -0.39 is 0 Å². The Hall–Kier alpha value is -1.29. The largest absolute Gasteiger partial charge is 0.287 e. The van der Waals surface area contributed by atoms with Crippen molar-refractivity contribution in [3.63, 3.8) is 0 Å². The number of carbonyl (C=O) groups excluding carboxylic acids is 1. The number of amides is 1. The molecule has 1 aromatic carbocycles. The van der Waals surface area contributed by atoms with Gasteiger partial charge in [0.2, 0.25) is 0 Å². The Morgan fingerprint density at radius 2 is 1.93 bits per heavy atom. The predicted octanol–water partition coefficient (Wildman–Crippen LogP) is 3.04. The summed E-state index contributed by atoms with van der Waals surface area (Å²) in [4.78, 5) is 10.7. The van der Waals surface area contributed by atoms with Crippen molar-refractivity contribution in [1.82, 2.24) is 0 Å². The summed E-state index contributed by atoms with van der Waals surface area (Å²) in [7, 11) is 0. The highest BCUT2D eigenvalue weighted by Crippen LogP contribution is 2.23. The molecule has 0 fully saturated rings.